The van der Waals surface area contributed by atoms with Crippen molar-refractivity contribution in [2.45, 2.75) is 57.5 Å². The molecule has 3 heterocycles. The minimum absolute atomic E-state index is 0.0973. The highest BCUT2D eigenvalue weighted by molar-refractivity contribution is 6.04. The van der Waals surface area contributed by atoms with Crippen molar-refractivity contribution in [2.24, 2.45) is 5.92 Å². The van der Waals surface area contributed by atoms with Crippen molar-refractivity contribution in [3.05, 3.63) is 40.3 Å². The summed E-state index contributed by atoms with van der Waals surface area (Å²) in [6.07, 6.45) is 10.2. The largest absolute Gasteiger partial charge is 0.379 e. The molecule has 0 radical (unpaired) electrons. The Morgan fingerprint density at radius 2 is 1.82 bits per heavy atom. The van der Waals surface area contributed by atoms with Crippen LogP contribution in [0.1, 0.15) is 56.6 Å². The standard InChI is InChI=1S/C26H33N5O2/c32-25-22-14-19(17-30-10-12-33-13-11-30)8-9-21(22)23-16-28-26(27-15-18-6-7-18)29-24(23)31(25)20-4-2-1-3-5-20/h8-9,14,16,18,20H,1-7,10-13,15,17H2,(H,27,28,29). The van der Waals surface area contributed by atoms with Gasteiger partial charge in [0.25, 0.3) is 5.56 Å². The Balaban J connectivity index is 1.45. The number of pyridine rings is 1. The molecule has 0 unspecified atom stereocenters. The summed E-state index contributed by atoms with van der Waals surface area (Å²) in [6.45, 7) is 5.19. The van der Waals surface area contributed by atoms with Crippen LogP contribution in [0.15, 0.2) is 29.2 Å². The highest BCUT2D eigenvalue weighted by Gasteiger charge is 2.24. The molecule has 1 saturated heterocycles. The van der Waals surface area contributed by atoms with Crippen LogP contribution in [0, 0.1) is 5.92 Å². The summed E-state index contributed by atoms with van der Waals surface area (Å²) in [5, 5.41) is 6.13. The number of ether oxygens (including phenoxy) is 1. The second kappa shape index (κ2) is 9.03. The normalized spacial score (nSPS) is 20.5. The van der Waals surface area contributed by atoms with Crippen LogP contribution in [0.3, 0.4) is 0 Å². The molecule has 3 aromatic rings. The minimum Gasteiger partial charge on any atom is -0.379 e. The third-order valence-corrected chi connectivity index (χ3v) is 7.52. The van der Waals surface area contributed by atoms with Gasteiger partial charge in [0, 0.05) is 49.2 Å². The van der Waals surface area contributed by atoms with Gasteiger partial charge in [0.15, 0.2) is 0 Å². The predicted octanol–water partition coefficient (Wildman–Crippen LogP) is 4.10. The van der Waals surface area contributed by atoms with E-state index >= 15 is 0 Å². The molecule has 33 heavy (non-hydrogen) atoms. The molecule has 174 valence electrons. The highest BCUT2D eigenvalue weighted by atomic mass is 16.5. The van der Waals surface area contributed by atoms with Gasteiger partial charge in [-0.2, -0.15) is 4.98 Å². The zero-order valence-electron chi connectivity index (χ0n) is 19.3. The van der Waals surface area contributed by atoms with Crippen LogP contribution in [0.25, 0.3) is 21.8 Å². The topological polar surface area (TPSA) is 72.3 Å². The first-order valence-corrected chi connectivity index (χ1v) is 12.6. The highest BCUT2D eigenvalue weighted by Crippen LogP contribution is 2.32. The van der Waals surface area contributed by atoms with Gasteiger partial charge >= 0.3 is 0 Å². The Kier molecular flexibility index (Phi) is 5.76. The van der Waals surface area contributed by atoms with Crippen LogP contribution in [-0.4, -0.2) is 52.3 Å². The van der Waals surface area contributed by atoms with Crippen molar-refractivity contribution in [1.29, 1.82) is 0 Å². The van der Waals surface area contributed by atoms with Crippen LogP contribution in [-0.2, 0) is 11.3 Å². The molecule has 0 atom stereocenters. The molecule has 0 amide bonds. The van der Waals surface area contributed by atoms with E-state index in [0.717, 1.165) is 80.0 Å². The van der Waals surface area contributed by atoms with Crippen LogP contribution in [0.2, 0.25) is 0 Å². The van der Waals surface area contributed by atoms with Crippen molar-refractivity contribution in [1.82, 2.24) is 19.4 Å². The molecule has 2 aliphatic carbocycles. The van der Waals surface area contributed by atoms with Gasteiger partial charge in [0.1, 0.15) is 5.65 Å². The maximum Gasteiger partial charge on any atom is 0.260 e. The smallest absolute Gasteiger partial charge is 0.260 e. The second-order valence-electron chi connectivity index (χ2n) is 9.99. The fourth-order valence-electron chi connectivity index (χ4n) is 5.41. The monoisotopic (exact) mass is 447 g/mol. The summed E-state index contributed by atoms with van der Waals surface area (Å²) in [5.74, 6) is 1.38. The summed E-state index contributed by atoms with van der Waals surface area (Å²) in [6, 6.07) is 6.57. The zero-order chi connectivity index (χ0) is 22.2. The maximum absolute atomic E-state index is 13.9. The molecule has 7 nitrogen and oxygen atoms in total. The van der Waals surface area contributed by atoms with Crippen LogP contribution in [0.4, 0.5) is 5.95 Å². The second-order valence-corrected chi connectivity index (χ2v) is 9.99. The van der Waals surface area contributed by atoms with E-state index in [-0.39, 0.29) is 11.6 Å². The molecule has 1 aromatic carbocycles. The van der Waals surface area contributed by atoms with E-state index in [0.29, 0.717) is 5.95 Å². The number of anilines is 1. The Morgan fingerprint density at radius 1 is 1.00 bits per heavy atom. The lowest BCUT2D eigenvalue weighted by atomic mass is 9.94. The molecule has 1 N–H and O–H groups in total. The Labute approximate surface area is 194 Å². The quantitative estimate of drug-likeness (QED) is 0.574. The molecule has 3 fully saturated rings. The van der Waals surface area contributed by atoms with Crippen molar-refractivity contribution < 1.29 is 4.74 Å². The number of fused-ring (bicyclic) bond motifs is 3. The predicted molar refractivity (Wildman–Crippen MR) is 131 cm³/mol. The van der Waals surface area contributed by atoms with E-state index < -0.39 is 0 Å². The molecule has 2 saturated carbocycles. The van der Waals surface area contributed by atoms with Gasteiger partial charge in [-0.05, 0) is 48.6 Å². The Hall–Kier alpha value is -2.51. The first-order chi connectivity index (χ1) is 16.3. The van der Waals surface area contributed by atoms with Crippen molar-refractivity contribution in [3.63, 3.8) is 0 Å². The average molecular weight is 448 g/mol. The van der Waals surface area contributed by atoms with E-state index in [1.807, 2.05) is 10.8 Å². The Morgan fingerprint density at radius 3 is 2.61 bits per heavy atom. The average Bonchev–Trinajstić information content (AvgIpc) is 3.69. The van der Waals surface area contributed by atoms with E-state index in [2.05, 4.69) is 33.4 Å². The minimum atomic E-state index is 0.0973. The number of hydrogen-bond donors (Lipinski definition) is 1. The number of rotatable bonds is 6. The van der Waals surface area contributed by atoms with Crippen LogP contribution < -0.4 is 10.9 Å². The van der Waals surface area contributed by atoms with E-state index in [1.54, 1.807) is 0 Å². The first-order valence-electron chi connectivity index (χ1n) is 12.6. The lowest BCUT2D eigenvalue weighted by Crippen LogP contribution is -2.35. The molecule has 3 aliphatic rings. The zero-order valence-corrected chi connectivity index (χ0v) is 19.3. The summed E-state index contributed by atoms with van der Waals surface area (Å²) in [4.78, 5) is 25.8. The number of morpholine rings is 1. The lowest BCUT2D eigenvalue weighted by Gasteiger charge is -2.27. The molecule has 7 heteroatoms. The number of hydrogen-bond acceptors (Lipinski definition) is 6. The SMILES string of the molecule is O=c1c2cc(CN3CCOCC3)ccc2c2cnc(NCC3CC3)nc2n1C1CCCCC1. The van der Waals surface area contributed by atoms with E-state index in [9.17, 15) is 4.79 Å². The van der Waals surface area contributed by atoms with Crippen molar-refractivity contribution in [2.75, 3.05) is 38.2 Å². The van der Waals surface area contributed by atoms with Gasteiger partial charge in [-0.1, -0.05) is 31.4 Å². The van der Waals surface area contributed by atoms with Gasteiger partial charge in [-0.3, -0.25) is 14.3 Å². The van der Waals surface area contributed by atoms with Crippen LogP contribution in [0.5, 0.6) is 0 Å². The van der Waals surface area contributed by atoms with E-state index in [1.165, 1.54) is 37.7 Å². The molecule has 2 aromatic heterocycles. The van der Waals surface area contributed by atoms with Gasteiger partial charge in [-0.15, -0.1) is 0 Å². The summed E-state index contributed by atoms with van der Waals surface area (Å²) in [5.41, 5.74) is 2.06. The summed E-state index contributed by atoms with van der Waals surface area (Å²) < 4.78 is 7.49. The summed E-state index contributed by atoms with van der Waals surface area (Å²) in [7, 11) is 0. The number of benzene rings is 1. The lowest BCUT2D eigenvalue weighted by molar-refractivity contribution is 0.0342. The fourth-order valence-corrected chi connectivity index (χ4v) is 5.41. The van der Waals surface area contributed by atoms with Gasteiger partial charge < -0.3 is 10.1 Å². The number of nitrogens with zero attached hydrogens (tertiary/aromatic N) is 4. The van der Waals surface area contributed by atoms with E-state index in [4.69, 9.17) is 9.72 Å². The molecule has 0 bridgehead atoms. The number of aromatic nitrogens is 3. The molecule has 6 rings (SSSR count). The van der Waals surface area contributed by atoms with Crippen molar-refractivity contribution >= 4 is 27.8 Å². The first kappa shape index (κ1) is 21.1. The third kappa shape index (κ3) is 4.36. The molecular weight excluding hydrogens is 414 g/mol. The fraction of sp³-hybridized carbons (Fsp3) is 0.577. The Bertz CT molecular complexity index is 1210. The van der Waals surface area contributed by atoms with Crippen molar-refractivity contribution in [3.8, 4) is 0 Å². The maximum atomic E-state index is 13.9. The number of nitrogens with one attached hydrogen (secondary N) is 1. The third-order valence-electron chi connectivity index (χ3n) is 7.52. The molecular formula is C26H33N5O2. The molecule has 1 aliphatic heterocycles. The van der Waals surface area contributed by atoms with Gasteiger partial charge in [0.2, 0.25) is 5.95 Å². The summed E-state index contributed by atoms with van der Waals surface area (Å²) >= 11 is 0. The van der Waals surface area contributed by atoms with Crippen LogP contribution >= 0.6 is 0 Å². The van der Waals surface area contributed by atoms with Gasteiger partial charge in [-0.25, -0.2) is 4.98 Å². The molecule has 0 spiro atoms. The van der Waals surface area contributed by atoms with Gasteiger partial charge in [0.05, 0.1) is 13.2 Å².